The highest BCUT2D eigenvalue weighted by molar-refractivity contribution is 7.92. The van der Waals surface area contributed by atoms with Crippen molar-refractivity contribution in [2.24, 2.45) is 0 Å². The Bertz CT molecular complexity index is 1180. The van der Waals surface area contributed by atoms with Crippen LogP contribution < -0.4 is 23.8 Å². The average Bonchev–Trinajstić information content (AvgIpc) is 2.86. The molecule has 9 nitrogen and oxygen atoms in total. The van der Waals surface area contributed by atoms with Gasteiger partial charge in [0, 0.05) is 12.3 Å². The Kier molecular flexibility index (Phi) is 7.73. The van der Waals surface area contributed by atoms with Crippen molar-refractivity contribution in [2.45, 2.75) is 11.4 Å². The van der Waals surface area contributed by atoms with Crippen LogP contribution in [0.5, 0.6) is 17.2 Å². The number of sulfonamides is 1. The molecule has 0 bridgehead atoms. The van der Waals surface area contributed by atoms with Crippen molar-refractivity contribution >= 4 is 21.6 Å². The maximum Gasteiger partial charge on any atom is 0.264 e. The van der Waals surface area contributed by atoms with Gasteiger partial charge in [0.25, 0.3) is 10.0 Å². The summed E-state index contributed by atoms with van der Waals surface area (Å²) >= 11 is 0. The fraction of sp³-hybridized carbons (Fsp3) is 0.217. The summed E-state index contributed by atoms with van der Waals surface area (Å²) in [5.41, 5.74) is 0.961. The van der Waals surface area contributed by atoms with E-state index in [4.69, 9.17) is 14.2 Å². The number of rotatable bonds is 10. The number of carbonyl (C=O) groups is 1. The molecule has 0 saturated carbocycles. The topological polar surface area (TPSA) is 107 Å². The average molecular weight is 472 g/mol. The van der Waals surface area contributed by atoms with Gasteiger partial charge >= 0.3 is 0 Å². The molecular weight excluding hydrogens is 446 g/mol. The molecule has 1 N–H and O–H groups in total. The molecule has 0 atom stereocenters. The van der Waals surface area contributed by atoms with Crippen molar-refractivity contribution in [3.05, 3.63) is 72.6 Å². The molecule has 1 amide bonds. The summed E-state index contributed by atoms with van der Waals surface area (Å²) in [6.45, 7) is -0.262. The first-order chi connectivity index (χ1) is 15.9. The summed E-state index contributed by atoms with van der Waals surface area (Å²) in [5.74, 6) is 0.718. The Morgan fingerprint density at radius 3 is 2.27 bits per heavy atom. The number of nitrogens with one attached hydrogen (secondary N) is 1. The van der Waals surface area contributed by atoms with E-state index in [1.54, 1.807) is 48.7 Å². The minimum absolute atomic E-state index is 0.0477. The quantitative estimate of drug-likeness (QED) is 0.484. The van der Waals surface area contributed by atoms with Crippen molar-refractivity contribution in [1.29, 1.82) is 0 Å². The zero-order valence-corrected chi connectivity index (χ0v) is 19.3. The molecule has 1 aromatic heterocycles. The maximum atomic E-state index is 13.6. The Balaban J connectivity index is 1.92. The highest BCUT2D eigenvalue weighted by atomic mass is 32.2. The molecule has 1 heterocycles. The van der Waals surface area contributed by atoms with E-state index in [9.17, 15) is 13.2 Å². The first kappa shape index (κ1) is 23.9. The molecule has 174 valence electrons. The fourth-order valence-electron chi connectivity index (χ4n) is 3.05. The van der Waals surface area contributed by atoms with Crippen molar-refractivity contribution in [3.63, 3.8) is 0 Å². The van der Waals surface area contributed by atoms with E-state index < -0.39 is 22.5 Å². The van der Waals surface area contributed by atoms with E-state index in [0.717, 1.165) is 4.31 Å². The third-order valence-electron chi connectivity index (χ3n) is 4.78. The Hall–Kier alpha value is -3.79. The van der Waals surface area contributed by atoms with Crippen molar-refractivity contribution in [2.75, 3.05) is 32.2 Å². The van der Waals surface area contributed by atoms with Crippen LogP contribution in [0.1, 0.15) is 5.69 Å². The molecule has 3 aromatic rings. The van der Waals surface area contributed by atoms with Crippen LogP contribution in [-0.4, -0.2) is 47.2 Å². The summed E-state index contributed by atoms with van der Waals surface area (Å²) in [4.78, 5) is 16.8. The van der Waals surface area contributed by atoms with Crippen LogP contribution in [-0.2, 0) is 21.4 Å². The van der Waals surface area contributed by atoms with E-state index in [1.165, 1.54) is 39.5 Å². The molecule has 3 rings (SSSR count). The van der Waals surface area contributed by atoms with E-state index in [2.05, 4.69) is 10.3 Å². The van der Waals surface area contributed by atoms with Gasteiger partial charge in [0.05, 0.1) is 44.2 Å². The predicted octanol–water partition coefficient (Wildman–Crippen LogP) is 2.62. The van der Waals surface area contributed by atoms with Gasteiger partial charge in [0.2, 0.25) is 5.91 Å². The van der Waals surface area contributed by atoms with Crippen LogP contribution in [0.4, 0.5) is 5.69 Å². The Morgan fingerprint density at radius 1 is 0.939 bits per heavy atom. The Morgan fingerprint density at radius 2 is 1.67 bits per heavy atom. The standard InChI is InChI=1S/C23H25N3O6S/c1-30-19-9-7-18(8-10-19)26(16-23(27)25-15-17-6-4-5-13-24-17)33(28,29)20-11-12-21(31-2)22(14-20)32-3/h4-14H,15-16H2,1-3H3,(H,25,27). The molecule has 0 unspecified atom stereocenters. The molecule has 33 heavy (non-hydrogen) atoms. The number of hydrogen-bond acceptors (Lipinski definition) is 7. The Labute approximate surface area is 193 Å². The lowest BCUT2D eigenvalue weighted by atomic mass is 10.3. The van der Waals surface area contributed by atoms with E-state index in [1.807, 2.05) is 0 Å². The number of anilines is 1. The number of ether oxygens (including phenoxy) is 3. The SMILES string of the molecule is COc1ccc(N(CC(=O)NCc2ccccn2)S(=O)(=O)c2ccc(OC)c(OC)c2)cc1. The summed E-state index contributed by atoms with van der Waals surface area (Å²) in [6.07, 6.45) is 1.62. The lowest BCUT2D eigenvalue weighted by Crippen LogP contribution is -2.40. The largest absolute Gasteiger partial charge is 0.497 e. The van der Waals surface area contributed by atoms with Crippen LogP contribution in [0, 0.1) is 0 Å². The molecule has 0 aliphatic heterocycles. The van der Waals surface area contributed by atoms with E-state index in [-0.39, 0.29) is 17.2 Å². The molecule has 2 aromatic carbocycles. The van der Waals surface area contributed by atoms with Gasteiger partial charge < -0.3 is 19.5 Å². The van der Waals surface area contributed by atoms with Crippen LogP contribution in [0.15, 0.2) is 71.8 Å². The van der Waals surface area contributed by atoms with Crippen LogP contribution in [0.3, 0.4) is 0 Å². The number of methoxy groups -OCH3 is 3. The molecule has 0 radical (unpaired) electrons. The van der Waals surface area contributed by atoms with Gasteiger partial charge in [-0.25, -0.2) is 8.42 Å². The van der Waals surface area contributed by atoms with Gasteiger partial charge in [-0.05, 0) is 48.5 Å². The highest BCUT2D eigenvalue weighted by Gasteiger charge is 2.28. The normalized spacial score (nSPS) is 10.9. The first-order valence-corrected chi connectivity index (χ1v) is 11.4. The van der Waals surface area contributed by atoms with E-state index in [0.29, 0.717) is 22.9 Å². The second-order valence-corrected chi connectivity index (χ2v) is 8.69. The monoisotopic (exact) mass is 471 g/mol. The lowest BCUT2D eigenvalue weighted by Gasteiger charge is -2.24. The molecule has 0 fully saturated rings. The van der Waals surface area contributed by atoms with Gasteiger partial charge in [0.15, 0.2) is 11.5 Å². The number of benzene rings is 2. The van der Waals surface area contributed by atoms with Crippen LogP contribution >= 0.6 is 0 Å². The third-order valence-corrected chi connectivity index (χ3v) is 6.55. The van der Waals surface area contributed by atoms with E-state index >= 15 is 0 Å². The number of hydrogen-bond donors (Lipinski definition) is 1. The second-order valence-electron chi connectivity index (χ2n) is 6.82. The maximum absolute atomic E-state index is 13.6. The zero-order valence-electron chi connectivity index (χ0n) is 18.5. The van der Waals surface area contributed by atoms with Crippen molar-refractivity contribution in [1.82, 2.24) is 10.3 Å². The molecule has 0 spiro atoms. The van der Waals surface area contributed by atoms with Gasteiger partial charge in [-0.15, -0.1) is 0 Å². The second kappa shape index (κ2) is 10.7. The predicted molar refractivity (Wildman–Crippen MR) is 123 cm³/mol. The summed E-state index contributed by atoms with van der Waals surface area (Å²) in [5, 5.41) is 2.71. The van der Waals surface area contributed by atoms with Crippen LogP contribution in [0.25, 0.3) is 0 Å². The van der Waals surface area contributed by atoms with Gasteiger partial charge in [0.1, 0.15) is 12.3 Å². The number of amides is 1. The number of pyridine rings is 1. The minimum Gasteiger partial charge on any atom is -0.497 e. The smallest absolute Gasteiger partial charge is 0.264 e. The van der Waals surface area contributed by atoms with Crippen molar-refractivity contribution < 1.29 is 27.4 Å². The number of nitrogens with zero attached hydrogens (tertiary/aromatic N) is 2. The summed E-state index contributed by atoms with van der Waals surface area (Å²) in [6, 6.07) is 16.0. The highest BCUT2D eigenvalue weighted by Crippen LogP contribution is 2.32. The van der Waals surface area contributed by atoms with Gasteiger partial charge in [-0.3, -0.25) is 14.1 Å². The number of carbonyl (C=O) groups excluding carboxylic acids is 1. The molecular formula is C23H25N3O6S. The summed E-state index contributed by atoms with van der Waals surface area (Å²) in [7, 11) is 0.260. The third kappa shape index (κ3) is 5.72. The molecule has 10 heteroatoms. The zero-order chi connectivity index (χ0) is 23.8. The van der Waals surface area contributed by atoms with Crippen LogP contribution in [0.2, 0.25) is 0 Å². The lowest BCUT2D eigenvalue weighted by molar-refractivity contribution is -0.119. The fourth-order valence-corrected chi connectivity index (χ4v) is 4.48. The first-order valence-electron chi connectivity index (χ1n) is 9.94. The summed E-state index contributed by atoms with van der Waals surface area (Å²) < 4.78 is 43.8. The van der Waals surface area contributed by atoms with Gasteiger partial charge in [-0.1, -0.05) is 6.07 Å². The van der Waals surface area contributed by atoms with Crippen molar-refractivity contribution in [3.8, 4) is 17.2 Å². The minimum atomic E-state index is -4.13. The number of aromatic nitrogens is 1. The molecule has 0 saturated heterocycles. The molecule has 0 aliphatic rings. The van der Waals surface area contributed by atoms with Gasteiger partial charge in [-0.2, -0.15) is 0 Å². The molecule has 0 aliphatic carbocycles.